The predicted octanol–water partition coefficient (Wildman–Crippen LogP) is 4.19. The van der Waals surface area contributed by atoms with E-state index in [4.69, 9.17) is 0 Å². The number of aryl methyl sites for hydroxylation is 2. The average Bonchev–Trinajstić information content (AvgIpc) is 2.94. The minimum absolute atomic E-state index is 0.0446. The van der Waals surface area contributed by atoms with Gasteiger partial charge in [0, 0.05) is 11.3 Å². The van der Waals surface area contributed by atoms with Crippen LogP contribution in [-0.4, -0.2) is 5.91 Å². The summed E-state index contributed by atoms with van der Waals surface area (Å²) in [5.41, 5.74) is 4.29. The molecule has 3 aromatic carbocycles. The maximum Gasteiger partial charge on any atom is 0.256 e. The van der Waals surface area contributed by atoms with Gasteiger partial charge in [-0.3, -0.25) is 4.79 Å². The Kier molecular flexibility index (Phi) is 2.74. The van der Waals surface area contributed by atoms with Gasteiger partial charge in [-0.2, -0.15) is 0 Å². The first kappa shape index (κ1) is 12.2. The molecule has 0 radical (unpaired) electrons. The number of benzene rings is 3. The van der Waals surface area contributed by atoms with Gasteiger partial charge < -0.3 is 5.32 Å². The molecule has 3 aromatic rings. The van der Waals surface area contributed by atoms with Crippen molar-refractivity contribution in [3.8, 4) is 0 Å². The van der Waals surface area contributed by atoms with E-state index in [0.717, 1.165) is 29.5 Å². The molecule has 0 atom stereocenters. The molecule has 0 fully saturated rings. The van der Waals surface area contributed by atoms with Crippen LogP contribution in [0.3, 0.4) is 0 Å². The Morgan fingerprint density at radius 1 is 0.810 bits per heavy atom. The van der Waals surface area contributed by atoms with E-state index in [9.17, 15) is 4.79 Å². The summed E-state index contributed by atoms with van der Waals surface area (Å²) < 4.78 is 0. The first-order valence-corrected chi connectivity index (χ1v) is 7.23. The molecule has 102 valence electrons. The summed E-state index contributed by atoms with van der Waals surface area (Å²) >= 11 is 0. The number of hydrogen-bond acceptors (Lipinski definition) is 1. The topological polar surface area (TPSA) is 29.1 Å². The van der Waals surface area contributed by atoms with Gasteiger partial charge in [-0.1, -0.05) is 42.5 Å². The molecule has 0 saturated heterocycles. The second-order valence-electron chi connectivity index (χ2n) is 5.43. The lowest BCUT2D eigenvalue weighted by Gasteiger charge is -2.09. The van der Waals surface area contributed by atoms with Crippen molar-refractivity contribution in [1.29, 1.82) is 0 Å². The molecule has 0 saturated carbocycles. The molecule has 21 heavy (non-hydrogen) atoms. The monoisotopic (exact) mass is 273 g/mol. The number of para-hydroxylation sites is 1. The van der Waals surface area contributed by atoms with Crippen LogP contribution < -0.4 is 5.32 Å². The highest BCUT2D eigenvalue weighted by molar-refractivity contribution is 6.14. The molecule has 4 rings (SSSR count). The van der Waals surface area contributed by atoms with Gasteiger partial charge in [0.15, 0.2) is 0 Å². The SMILES string of the molecule is O=C(Nc1ccccc1)c1ccc2c3c(cccc13)CC2. The number of amides is 1. The lowest BCUT2D eigenvalue weighted by molar-refractivity contribution is 0.102. The fourth-order valence-electron chi connectivity index (χ4n) is 3.16. The van der Waals surface area contributed by atoms with E-state index in [2.05, 4.69) is 17.4 Å². The van der Waals surface area contributed by atoms with Crippen molar-refractivity contribution in [2.75, 3.05) is 5.32 Å². The van der Waals surface area contributed by atoms with E-state index in [1.54, 1.807) is 0 Å². The molecule has 0 aromatic heterocycles. The summed E-state index contributed by atoms with van der Waals surface area (Å²) in [7, 11) is 0. The Morgan fingerprint density at radius 3 is 2.38 bits per heavy atom. The highest BCUT2D eigenvalue weighted by atomic mass is 16.1. The van der Waals surface area contributed by atoms with E-state index in [-0.39, 0.29) is 5.91 Å². The third-order valence-corrected chi connectivity index (χ3v) is 4.15. The van der Waals surface area contributed by atoms with E-state index in [0.29, 0.717) is 0 Å². The van der Waals surface area contributed by atoms with Crippen LogP contribution in [0.1, 0.15) is 21.5 Å². The maximum atomic E-state index is 12.6. The Labute approximate surface area is 123 Å². The normalized spacial score (nSPS) is 12.6. The Balaban J connectivity index is 1.79. The van der Waals surface area contributed by atoms with E-state index < -0.39 is 0 Å². The number of nitrogens with one attached hydrogen (secondary N) is 1. The lowest BCUT2D eigenvalue weighted by Crippen LogP contribution is -2.12. The van der Waals surface area contributed by atoms with Gasteiger partial charge in [-0.15, -0.1) is 0 Å². The minimum Gasteiger partial charge on any atom is -0.322 e. The molecule has 0 bridgehead atoms. The molecule has 1 aliphatic carbocycles. The van der Waals surface area contributed by atoms with Crippen LogP contribution in [0, 0.1) is 0 Å². The molecule has 2 nitrogen and oxygen atoms in total. The van der Waals surface area contributed by atoms with Gasteiger partial charge in [-0.05, 0) is 52.9 Å². The molecule has 2 heteroatoms. The number of hydrogen-bond donors (Lipinski definition) is 1. The van der Waals surface area contributed by atoms with Crippen LogP contribution in [0.5, 0.6) is 0 Å². The standard InChI is InChI=1S/C19H15NO/c21-19(20-15-6-2-1-3-7-15)17-12-11-14-10-9-13-5-4-8-16(17)18(13)14/h1-8,11-12H,9-10H2,(H,20,21). The van der Waals surface area contributed by atoms with E-state index >= 15 is 0 Å². The molecule has 1 N–H and O–H groups in total. The second kappa shape index (κ2) is 4.74. The first-order valence-electron chi connectivity index (χ1n) is 7.23. The average molecular weight is 273 g/mol. The molecular weight excluding hydrogens is 258 g/mol. The van der Waals surface area contributed by atoms with Crippen molar-refractivity contribution in [1.82, 2.24) is 0 Å². The molecule has 0 unspecified atom stereocenters. The summed E-state index contributed by atoms with van der Waals surface area (Å²) in [4.78, 5) is 12.6. The number of rotatable bonds is 2. The Bertz CT molecular complexity index is 827. The van der Waals surface area contributed by atoms with Gasteiger partial charge in [0.1, 0.15) is 0 Å². The molecular formula is C19H15NO. The molecule has 0 heterocycles. The molecule has 1 amide bonds. The zero-order chi connectivity index (χ0) is 14.2. The summed E-state index contributed by atoms with van der Waals surface area (Å²) in [6.07, 6.45) is 2.16. The van der Waals surface area contributed by atoms with E-state index in [1.807, 2.05) is 48.5 Å². The van der Waals surface area contributed by atoms with Crippen LogP contribution in [0.2, 0.25) is 0 Å². The van der Waals surface area contributed by atoms with Crippen LogP contribution in [0.4, 0.5) is 5.69 Å². The fraction of sp³-hybridized carbons (Fsp3) is 0.105. The smallest absolute Gasteiger partial charge is 0.256 e. The summed E-state index contributed by atoms with van der Waals surface area (Å²) in [5, 5.41) is 5.31. The van der Waals surface area contributed by atoms with Crippen LogP contribution in [-0.2, 0) is 12.8 Å². The van der Waals surface area contributed by atoms with Crippen molar-refractivity contribution in [2.24, 2.45) is 0 Å². The number of carbonyl (C=O) groups is 1. The van der Waals surface area contributed by atoms with Gasteiger partial charge in [0.2, 0.25) is 0 Å². The van der Waals surface area contributed by atoms with E-state index in [1.165, 1.54) is 16.5 Å². The largest absolute Gasteiger partial charge is 0.322 e. The third kappa shape index (κ3) is 2.00. The van der Waals surface area contributed by atoms with Crippen molar-refractivity contribution >= 4 is 22.4 Å². The highest BCUT2D eigenvalue weighted by Gasteiger charge is 2.18. The third-order valence-electron chi connectivity index (χ3n) is 4.15. The van der Waals surface area contributed by atoms with Crippen LogP contribution >= 0.6 is 0 Å². The van der Waals surface area contributed by atoms with Gasteiger partial charge in [-0.25, -0.2) is 0 Å². The Morgan fingerprint density at radius 2 is 1.57 bits per heavy atom. The van der Waals surface area contributed by atoms with Crippen LogP contribution in [0.25, 0.3) is 10.8 Å². The Hall–Kier alpha value is -2.61. The van der Waals surface area contributed by atoms with Crippen molar-refractivity contribution < 1.29 is 4.79 Å². The van der Waals surface area contributed by atoms with Gasteiger partial charge >= 0.3 is 0 Å². The minimum atomic E-state index is -0.0446. The lowest BCUT2D eigenvalue weighted by atomic mass is 9.99. The maximum absolute atomic E-state index is 12.6. The number of carbonyl (C=O) groups excluding carboxylic acids is 1. The predicted molar refractivity (Wildman–Crippen MR) is 85.8 cm³/mol. The summed E-state index contributed by atoms with van der Waals surface area (Å²) in [6, 6.07) is 19.9. The molecule has 0 spiro atoms. The summed E-state index contributed by atoms with van der Waals surface area (Å²) in [6.45, 7) is 0. The van der Waals surface area contributed by atoms with Gasteiger partial charge in [0.25, 0.3) is 5.91 Å². The zero-order valence-corrected chi connectivity index (χ0v) is 11.6. The quantitative estimate of drug-likeness (QED) is 0.745. The first-order chi connectivity index (χ1) is 10.3. The number of anilines is 1. The highest BCUT2D eigenvalue weighted by Crippen LogP contribution is 2.33. The summed E-state index contributed by atoms with van der Waals surface area (Å²) in [5.74, 6) is -0.0446. The van der Waals surface area contributed by atoms with Crippen molar-refractivity contribution in [2.45, 2.75) is 12.8 Å². The van der Waals surface area contributed by atoms with Crippen molar-refractivity contribution in [3.05, 3.63) is 77.4 Å². The van der Waals surface area contributed by atoms with Gasteiger partial charge in [0.05, 0.1) is 0 Å². The molecule has 0 aliphatic heterocycles. The van der Waals surface area contributed by atoms with Crippen molar-refractivity contribution in [3.63, 3.8) is 0 Å². The fourth-order valence-corrected chi connectivity index (χ4v) is 3.16. The molecule has 1 aliphatic rings. The zero-order valence-electron chi connectivity index (χ0n) is 11.6. The second-order valence-corrected chi connectivity index (χ2v) is 5.43. The van der Waals surface area contributed by atoms with Crippen LogP contribution in [0.15, 0.2) is 60.7 Å².